The molecule has 1 fully saturated rings. The van der Waals surface area contributed by atoms with Crippen LogP contribution in [-0.4, -0.2) is 51.8 Å². The molecular formula is C18H29ClIN3O2. The Morgan fingerprint density at radius 1 is 1.40 bits per heavy atom. The van der Waals surface area contributed by atoms with Crippen molar-refractivity contribution < 1.29 is 9.47 Å². The average Bonchev–Trinajstić information content (AvgIpc) is 2.62. The molecule has 0 bridgehead atoms. The van der Waals surface area contributed by atoms with Gasteiger partial charge >= 0.3 is 0 Å². The van der Waals surface area contributed by atoms with E-state index < -0.39 is 0 Å². The van der Waals surface area contributed by atoms with Gasteiger partial charge in [-0.1, -0.05) is 17.7 Å². The maximum absolute atomic E-state index is 6.01. The molecule has 0 atom stereocenters. The fourth-order valence-electron chi connectivity index (χ4n) is 2.94. The second-order valence-electron chi connectivity index (χ2n) is 6.12. The molecule has 5 nitrogen and oxygen atoms in total. The lowest BCUT2D eigenvalue weighted by Crippen LogP contribution is -2.39. The predicted octanol–water partition coefficient (Wildman–Crippen LogP) is 3.79. The normalized spacial score (nSPS) is 15.4. The van der Waals surface area contributed by atoms with E-state index in [9.17, 15) is 0 Å². The largest absolute Gasteiger partial charge is 0.496 e. The van der Waals surface area contributed by atoms with Crippen LogP contribution in [-0.2, 0) is 11.3 Å². The number of aliphatic imine (C=N–C) groups is 1. The van der Waals surface area contributed by atoms with Gasteiger partial charge in [-0.3, -0.25) is 4.99 Å². The van der Waals surface area contributed by atoms with Crippen molar-refractivity contribution in [3.63, 3.8) is 0 Å². The maximum atomic E-state index is 6.01. The van der Waals surface area contributed by atoms with Crippen molar-refractivity contribution in [2.24, 2.45) is 10.9 Å². The zero-order valence-corrected chi connectivity index (χ0v) is 18.3. The molecule has 1 heterocycles. The topological polar surface area (TPSA) is 46.1 Å². The number of nitrogens with zero attached hydrogens (tertiary/aromatic N) is 2. The SMILES string of the molecule is CN=C(NCc1ccc(Cl)cc1OC)N(C)CCC1CCOCC1.I. The number of methoxy groups -OCH3 is 1. The molecule has 0 aromatic heterocycles. The van der Waals surface area contributed by atoms with Gasteiger partial charge in [-0.2, -0.15) is 0 Å². The van der Waals surface area contributed by atoms with Crippen LogP contribution in [0.25, 0.3) is 0 Å². The van der Waals surface area contributed by atoms with Crippen molar-refractivity contribution in [3.05, 3.63) is 28.8 Å². The summed E-state index contributed by atoms with van der Waals surface area (Å²) in [5.74, 6) is 2.44. The predicted molar refractivity (Wildman–Crippen MR) is 114 cm³/mol. The lowest BCUT2D eigenvalue weighted by Gasteiger charge is -2.27. The monoisotopic (exact) mass is 481 g/mol. The van der Waals surface area contributed by atoms with E-state index >= 15 is 0 Å². The first kappa shape index (κ1) is 22.3. The van der Waals surface area contributed by atoms with Crippen LogP contribution in [0, 0.1) is 5.92 Å². The molecule has 1 aromatic carbocycles. The summed E-state index contributed by atoms with van der Waals surface area (Å²) in [7, 11) is 5.55. The van der Waals surface area contributed by atoms with Crippen molar-refractivity contribution >= 4 is 41.5 Å². The molecule has 0 saturated carbocycles. The highest BCUT2D eigenvalue weighted by Gasteiger charge is 2.15. The van der Waals surface area contributed by atoms with Gasteiger partial charge < -0.3 is 19.7 Å². The molecule has 2 rings (SSSR count). The van der Waals surface area contributed by atoms with E-state index in [1.165, 1.54) is 19.3 Å². The Labute approximate surface area is 173 Å². The van der Waals surface area contributed by atoms with Crippen LogP contribution in [0.2, 0.25) is 5.02 Å². The third-order valence-electron chi connectivity index (χ3n) is 4.47. The van der Waals surface area contributed by atoms with Crippen molar-refractivity contribution in [1.29, 1.82) is 0 Å². The molecule has 1 N–H and O–H groups in total. The number of nitrogens with one attached hydrogen (secondary N) is 1. The highest BCUT2D eigenvalue weighted by molar-refractivity contribution is 14.0. The number of guanidine groups is 1. The number of rotatable bonds is 6. The van der Waals surface area contributed by atoms with Crippen molar-refractivity contribution in [3.8, 4) is 5.75 Å². The van der Waals surface area contributed by atoms with E-state index in [1.54, 1.807) is 7.11 Å². The van der Waals surface area contributed by atoms with Crippen molar-refractivity contribution in [2.75, 3.05) is 41.0 Å². The Kier molecular flexibility index (Phi) is 10.5. The Morgan fingerprint density at radius 2 is 2.12 bits per heavy atom. The Morgan fingerprint density at radius 3 is 2.76 bits per heavy atom. The Balaban J connectivity index is 0.00000312. The highest BCUT2D eigenvalue weighted by atomic mass is 127. The van der Waals surface area contributed by atoms with Crippen LogP contribution in [0.4, 0.5) is 0 Å². The molecule has 0 aliphatic carbocycles. The molecule has 25 heavy (non-hydrogen) atoms. The summed E-state index contributed by atoms with van der Waals surface area (Å²) in [4.78, 5) is 6.56. The zero-order chi connectivity index (χ0) is 17.4. The van der Waals surface area contributed by atoms with Gasteiger partial charge in [0.1, 0.15) is 5.75 Å². The van der Waals surface area contributed by atoms with Gasteiger partial charge in [0.05, 0.1) is 7.11 Å². The van der Waals surface area contributed by atoms with Crippen LogP contribution >= 0.6 is 35.6 Å². The quantitative estimate of drug-likeness (QED) is 0.381. The number of hydrogen-bond acceptors (Lipinski definition) is 3. The third-order valence-corrected chi connectivity index (χ3v) is 4.71. The first-order valence-corrected chi connectivity index (χ1v) is 8.83. The van der Waals surface area contributed by atoms with Gasteiger partial charge in [0.25, 0.3) is 0 Å². The van der Waals surface area contributed by atoms with Crippen molar-refractivity contribution in [2.45, 2.75) is 25.8 Å². The van der Waals surface area contributed by atoms with Gasteiger partial charge in [-0.05, 0) is 37.3 Å². The van der Waals surface area contributed by atoms with Gasteiger partial charge in [0.15, 0.2) is 5.96 Å². The zero-order valence-electron chi connectivity index (χ0n) is 15.3. The Hall–Kier alpha value is -0.730. The molecule has 1 aliphatic heterocycles. The molecule has 1 saturated heterocycles. The second kappa shape index (κ2) is 11.8. The van der Waals surface area contributed by atoms with Crippen LogP contribution in [0.3, 0.4) is 0 Å². The summed E-state index contributed by atoms with van der Waals surface area (Å²) in [6.45, 7) is 3.44. The molecule has 0 spiro atoms. The van der Waals surface area contributed by atoms with Gasteiger partial charge in [-0.15, -0.1) is 24.0 Å². The van der Waals surface area contributed by atoms with Crippen molar-refractivity contribution in [1.82, 2.24) is 10.2 Å². The molecule has 1 aliphatic rings. The summed E-state index contributed by atoms with van der Waals surface area (Å²) in [6, 6.07) is 5.68. The number of hydrogen-bond donors (Lipinski definition) is 1. The fraction of sp³-hybridized carbons (Fsp3) is 0.611. The van der Waals surface area contributed by atoms with Crippen LogP contribution in [0.5, 0.6) is 5.75 Å². The van der Waals surface area contributed by atoms with Crippen LogP contribution in [0.15, 0.2) is 23.2 Å². The average molecular weight is 482 g/mol. The molecule has 0 amide bonds. The minimum atomic E-state index is 0. The maximum Gasteiger partial charge on any atom is 0.193 e. The Bertz CT molecular complexity index is 551. The summed E-state index contributed by atoms with van der Waals surface area (Å²) in [5, 5.41) is 4.07. The number of benzene rings is 1. The molecular weight excluding hydrogens is 453 g/mol. The van der Waals surface area contributed by atoms with Gasteiger partial charge in [0.2, 0.25) is 0 Å². The minimum absolute atomic E-state index is 0. The minimum Gasteiger partial charge on any atom is -0.496 e. The lowest BCUT2D eigenvalue weighted by atomic mass is 9.96. The highest BCUT2D eigenvalue weighted by Crippen LogP contribution is 2.23. The molecule has 1 aromatic rings. The molecule has 0 radical (unpaired) electrons. The lowest BCUT2D eigenvalue weighted by molar-refractivity contribution is 0.0625. The van der Waals surface area contributed by atoms with Gasteiger partial charge in [-0.25, -0.2) is 0 Å². The first-order chi connectivity index (χ1) is 11.6. The van der Waals surface area contributed by atoms with Gasteiger partial charge in [0, 0.05) is 51.0 Å². The first-order valence-electron chi connectivity index (χ1n) is 8.46. The van der Waals surface area contributed by atoms with E-state index in [0.29, 0.717) is 11.6 Å². The molecule has 7 heteroatoms. The molecule has 142 valence electrons. The van der Waals surface area contributed by atoms with E-state index in [-0.39, 0.29) is 24.0 Å². The van der Waals surface area contributed by atoms with Crippen LogP contribution in [0.1, 0.15) is 24.8 Å². The van der Waals surface area contributed by atoms with E-state index in [1.807, 2.05) is 25.2 Å². The molecule has 0 unspecified atom stereocenters. The second-order valence-corrected chi connectivity index (χ2v) is 6.56. The van der Waals surface area contributed by atoms with Crippen LogP contribution < -0.4 is 10.1 Å². The summed E-state index contributed by atoms with van der Waals surface area (Å²) >= 11 is 6.01. The summed E-state index contributed by atoms with van der Waals surface area (Å²) < 4.78 is 10.8. The van der Waals surface area contributed by atoms with E-state index in [0.717, 1.165) is 42.9 Å². The number of halogens is 2. The van der Waals surface area contributed by atoms with E-state index in [4.69, 9.17) is 21.1 Å². The van der Waals surface area contributed by atoms with E-state index in [2.05, 4.69) is 22.3 Å². The summed E-state index contributed by atoms with van der Waals surface area (Å²) in [6.07, 6.45) is 3.51. The smallest absolute Gasteiger partial charge is 0.193 e. The summed E-state index contributed by atoms with van der Waals surface area (Å²) in [5.41, 5.74) is 1.06. The fourth-order valence-corrected chi connectivity index (χ4v) is 3.10. The number of ether oxygens (including phenoxy) is 2. The standard InChI is InChI=1S/C18H28ClN3O2.HI/c1-20-18(22(2)9-6-14-7-10-24-11-8-14)21-13-15-4-5-16(19)12-17(15)23-3;/h4-5,12,14H,6-11,13H2,1-3H3,(H,20,21);1H. The third kappa shape index (κ3) is 7.19.